The van der Waals surface area contributed by atoms with E-state index in [1.54, 1.807) is 6.07 Å². The summed E-state index contributed by atoms with van der Waals surface area (Å²) in [4.78, 5) is 14.6. The van der Waals surface area contributed by atoms with Gasteiger partial charge in [0.05, 0.1) is 12.2 Å². The van der Waals surface area contributed by atoms with E-state index < -0.39 is 0 Å². The van der Waals surface area contributed by atoms with Gasteiger partial charge < -0.3 is 14.2 Å². The van der Waals surface area contributed by atoms with Gasteiger partial charge in [0.25, 0.3) is 0 Å². The van der Waals surface area contributed by atoms with Crippen molar-refractivity contribution < 1.29 is 19.0 Å². The lowest BCUT2D eigenvalue weighted by atomic mass is 10.0. The normalized spacial score (nSPS) is 10.4. The number of hydrogen-bond acceptors (Lipinski definition) is 5. The molecule has 0 amide bonds. The number of ether oxygens (including phenoxy) is 3. The monoisotopic (exact) mass is 704 g/mol. The molecule has 0 aliphatic rings. The molecule has 51 heavy (non-hydrogen) atoms. The smallest absolute Gasteiger partial charge is 0.338 e. The predicted octanol–water partition coefficient (Wildman–Crippen LogP) is 12.1. The summed E-state index contributed by atoms with van der Waals surface area (Å²) in [7, 11) is 0. The van der Waals surface area contributed by atoms with E-state index in [1.807, 2.05) is 62.9 Å². The number of benzene rings is 5. The van der Waals surface area contributed by atoms with Crippen molar-refractivity contribution in [1.29, 1.82) is 0 Å². The molecule has 0 radical (unpaired) electrons. The molecule has 0 saturated carbocycles. The van der Waals surface area contributed by atoms with Crippen LogP contribution < -0.4 is 4.74 Å². The van der Waals surface area contributed by atoms with Crippen LogP contribution in [0.5, 0.6) is 5.75 Å². The molecule has 0 heterocycles. The standard InChI is InChI=1S/C20H24O4.C16H18S.C10H14/c1-14-5-7-18(11-16(14)3)20(21)23-10-9-22-13-24-19-8-6-15(2)17(4)12-19;1-11-5-7-15(9-13(11)3)17-16-8-6-12(2)14(4)10-16;1-7-5-9(3)10(4)6-8(7)2/h5-8,11-12H,9-10,13H2,1-4H3;5-10H,1-4H3;5-6H,1-4H3. The maximum absolute atomic E-state index is 11.9. The molecule has 0 unspecified atom stereocenters. The molecule has 0 fully saturated rings. The first kappa shape index (κ1) is 41.1. The number of rotatable bonds is 9. The number of hydrogen-bond donors (Lipinski definition) is 0. The maximum atomic E-state index is 11.9. The van der Waals surface area contributed by atoms with E-state index in [4.69, 9.17) is 14.2 Å². The van der Waals surface area contributed by atoms with Crippen LogP contribution in [0.15, 0.2) is 94.7 Å². The van der Waals surface area contributed by atoms with Gasteiger partial charge in [-0.15, -0.1) is 0 Å². The van der Waals surface area contributed by atoms with Gasteiger partial charge in [0.15, 0.2) is 6.79 Å². The topological polar surface area (TPSA) is 44.8 Å². The van der Waals surface area contributed by atoms with Crippen LogP contribution >= 0.6 is 11.8 Å². The van der Waals surface area contributed by atoms with Gasteiger partial charge in [-0.1, -0.05) is 48.2 Å². The van der Waals surface area contributed by atoms with Gasteiger partial charge in [0, 0.05) is 9.79 Å². The third kappa shape index (κ3) is 13.4. The second-order valence-electron chi connectivity index (χ2n) is 13.5. The van der Waals surface area contributed by atoms with E-state index >= 15 is 0 Å². The molecular formula is C46H56O4S. The van der Waals surface area contributed by atoms with Gasteiger partial charge in [-0.3, -0.25) is 0 Å². The summed E-state index contributed by atoms with van der Waals surface area (Å²) in [5, 5.41) is 0. The first-order valence-corrected chi connectivity index (χ1v) is 18.3. The summed E-state index contributed by atoms with van der Waals surface area (Å²) in [6.45, 7) is 25.9. The minimum atomic E-state index is -0.336. The van der Waals surface area contributed by atoms with Gasteiger partial charge >= 0.3 is 5.97 Å². The van der Waals surface area contributed by atoms with E-state index in [2.05, 4.69) is 111 Å². The third-order valence-electron chi connectivity index (χ3n) is 9.29. The van der Waals surface area contributed by atoms with Crippen LogP contribution in [0.3, 0.4) is 0 Å². The second-order valence-corrected chi connectivity index (χ2v) is 14.6. The Morgan fingerprint density at radius 2 is 0.863 bits per heavy atom. The maximum Gasteiger partial charge on any atom is 0.338 e. The Labute approximate surface area is 311 Å². The van der Waals surface area contributed by atoms with Crippen molar-refractivity contribution in [3.05, 3.63) is 157 Å². The molecule has 5 rings (SSSR count). The molecule has 0 atom stereocenters. The van der Waals surface area contributed by atoms with Gasteiger partial charge in [-0.25, -0.2) is 4.79 Å². The number of esters is 1. The van der Waals surface area contributed by atoms with Crippen molar-refractivity contribution in [2.75, 3.05) is 20.0 Å². The average Bonchev–Trinajstić information content (AvgIpc) is 3.08. The molecule has 0 bridgehead atoms. The SMILES string of the molecule is Cc1cc(C)c(C)cc1C.Cc1ccc(OCOCCOC(=O)c2ccc(C)c(C)c2)cc1C.Cc1ccc(Sc2ccc(C)c(C)c2)cc1C. The Morgan fingerprint density at radius 3 is 1.31 bits per heavy atom. The molecule has 5 aromatic carbocycles. The summed E-state index contributed by atoms with van der Waals surface area (Å²) in [6, 6.07) is 29.2. The molecule has 5 aromatic rings. The highest BCUT2D eigenvalue weighted by molar-refractivity contribution is 7.99. The minimum Gasteiger partial charge on any atom is -0.468 e. The highest BCUT2D eigenvalue weighted by atomic mass is 32.2. The Kier molecular flexibility index (Phi) is 16.0. The molecule has 270 valence electrons. The van der Waals surface area contributed by atoms with E-state index in [1.165, 1.54) is 65.4 Å². The lowest BCUT2D eigenvalue weighted by molar-refractivity contribution is -0.0116. The fourth-order valence-electron chi connectivity index (χ4n) is 4.91. The molecule has 0 aliphatic carbocycles. The highest BCUT2D eigenvalue weighted by Crippen LogP contribution is 2.30. The minimum absolute atomic E-state index is 0.129. The van der Waals surface area contributed by atoms with Gasteiger partial charge in [0.2, 0.25) is 0 Å². The van der Waals surface area contributed by atoms with Gasteiger partial charge in [0.1, 0.15) is 12.4 Å². The van der Waals surface area contributed by atoms with E-state index in [0.717, 1.165) is 16.9 Å². The number of aryl methyl sites for hydroxylation is 12. The fraction of sp³-hybridized carbons (Fsp3) is 0.326. The fourth-order valence-corrected chi connectivity index (χ4v) is 5.93. The van der Waals surface area contributed by atoms with Crippen LogP contribution in [-0.4, -0.2) is 26.0 Å². The zero-order chi connectivity index (χ0) is 37.7. The van der Waals surface area contributed by atoms with Crippen LogP contribution in [0.2, 0.25) is 0 Å². The molecule has 0 aromatic heterocycles. The van der Waals surface area contributed by atoms with E-state index in [0.29, 0.717) is 12.2 Å². The predicted molar refractivity (Wildman–Crippen MR) is 215 cm³/mol. The van der Waals surface area contributed by atoms with Crippen LogP contribution in [-0.2, 0) is 9.47 Å². The first-order valence-electron chi connectivity index (χ1n) is 17.5. The Hall–Kier alpha value is -4.32. The van der Waals surface area contributed by atoms with E-state index in [-0.39, 0.29) is 19.4 Å². The molecule has 0 N–H and O–H groups in total. The lowest BCUT2D eigenvalue weighted by Crippen LogP contribution is -2.13. The zero-order valence-corrected chi connectivity index (χ0v) is 33.6. The van der Waals surface area contributed by atoms with Crippen LogP contribution in [0.4, 0.5) is 0 Å². The van der Waals surface area contributed by atoms with Gasteiger partial charge in [-0.2, -0.15) is 0 Å². The Balaban J connectivity index is 0.000000225. The van der Waals surface area contributed by atoms with Crippen molar-refractivity contribution in [3.63, 3.8) is 0 Å². The molecule has 0 spiro atoms. The van der Waals surface area contributed by atoms with E-state index in [9.17, 15) is 4.79 Å². The summed E-state index contributed by atoms with van der Waals surface area (Å²) in [6.07, 6.45) is 0. The largest absolute Gasteiger partial charge is 0.468 e. The zero-order valence-electron chi connectivity index (χ0n) is 32.7. The Morgan fingerprint density at radius 1 is 0.451 bits per heavy atom. The third-order valence-corrected chi connectivity index (χ3v) is 10.3. The molecule has 5 heteroatoms. The molecule has 0 saturated heterocycles. The quantitative estimate of drug-likeness (QED) is 0.0868. The molecule has 0 aliphatic heterocycles. The Bertz CT molecular complexity index is 1820. The van der Waals surface area contributed by atoms with Crippen LogP contribution in [0.1, 0.15) is 77.1 Å². The van der Waals surface area contributed by atoms with Crippen molar-refractivity contribution in [2.45, 2.75) is 92.9 Å². The summed E-state index contributed by atoms with van der Waals surface area (Å²) >= 11 is 1.83. The van der Waals surface area contributed by atoms with Gasteiger partial charge in [-0.05, 0) is 198 Å². The summed E-state index contributed by atoms with van der Waals surface area (Å²) in [5.74, 6) is 0.432. The van der Waals surface area contributed by atoms with Crippen molar-refractivity contribution in [3.8, 4) is 5.75 Å². The number of carbonyl (C=O) groups is 1. The second kappa shape index (κ2) is 19.9. The van der Waals surface area contributed by atoms with Crippen molar-refractivity contribution in [2.24, 2.45) is 0 Å². The molecular weight excluding hydrogens is 649 g/mol. The average molecular weight is 705 g/mol. The highest BCUT2D eigenvalue weighted by Gasteiger charge is 2.08. The van der Waals surface area contributed by atoms with Crippen molar-refractivity contribution in [1.82, 2.24) is 0 Å². The number of carbonyl (C=O) groups excluding carboxylic acids is 1. The molecule has 4 nitrogen and oxygen atoms in total. The first-order chi connectivity index (χ1) is 24.1. The summed E-state index contributed by atoms with van der Waals surface area (Å²) in [5.41, 5.74) is 16.2. The summed E-state index contributed by atoms with van der Waals surface area (Å²) < 4.78 is 16.0. The van der Waals surface area contributed by atoms with Crippen molar-refractivity contribution >= 4 is 17.7 Å². The van der Waals surface area contributed by atoms with Crippen LogP contribution in [0.25, 0.3) is 0 Å². The lowest BCUT2D eigenvalue weighted by Gasteiger charge is -2.10. The van der Waals surface area contributed by atoms with Crippen LogP contribution in [0, 0.1) is 83.1 Å².